The lowest BCUT2D eigenvalue weighted by molar-refractivity contribution is -0.139. The summed E-state index contributed by atoms with van der Waals surface area (Å²) >= 11 is 0. The first kappa shape index (κ1) is 22.1. The van der Waals surface area contributed by atoms with Crippen molar-refractivity contribution in [3.63, 3.8) is 0 Å². The maximum atomic E-state index is 12.7. The second-order valence-electron chi connectivity index (χ2n) is 6.17. The number of methoxy groups -OCH3 is 3. The predicted octanol–water partition coefficient (Wildman–Crippen LogP) is 2.64. The van der Waals surface area contributed by atoms with E-state index in [1.54, 1.807) is 50.3 Å². The van der Waals surface area contributed by atoms with E-state index in [-0.39, 0.29) is 13.2 Å². The number of rotatable bonds is 8. The highest BCUT2D eigenvalue weighted by atomic mass is 16.5. The van der Waals surface area contributed by atoms with E-state index in [1.165, 1.54) is 21.3 Å². The zero-order valence-corrected chi connectivity index (χ0v) is 17.6. The van der Waals surface area contributed by atoms with Crippen LogP contribution in [-0.4, -0.2) is 58.4 Å². The highest BCUT2D eigenvalue weighted by molar-refractivity contribution is 5.98. The molecule has 0 aromatic heterocycles. The van der Waals surface area contributed by atoms with Crippen LogP contribution in [0.1, 0.15) is 25.3 Å². The topological polar surface area (TPSA) is 83.5 Å². The van der Waals surface area contributed by atoms with Gasteiger partial charge in [0, 0.05) is 19.4 Å². The van der Waals surface area contributed by atoms with Gasteiger partial charge in [-0.05, 0) is 31.5 Å². The van der Waals surface area contributed by atoms with E-state index in [0.717, 1.165) is 0 Å². The normalized spacial score (nSPS) is 13.9. The Morgan fingerprint density at radius 3 is 1.66 bits per heavy atom. The van der Waals surface area contributed by atoms with Gasteiger partial charge in [0.2, 0.25) is 5.75 Å². The molecule has 0 bridgehead atoms. The molecule has 2 rings (SSSR count). The van der Waals surface area contributed by atoms with Gasteiger partial charge in [-0.25, -0.2) is 9.59 Å². The molecular formula is C21H27NO7. The Hall–Kier alpha value is -3.16. The summed E-state index contributed by atoms with van der Waals surface area (Å²) in [5, 5.41) is 0. The van der Waals surface area contributed by atoms with Crippen molar-refractivity contribution in [2.45, 2.75) is 19.8 Å². The first-order valence-electron chi connectivity index (χ1n) is 9.21. The Balaban J connectivity index is 2.69. The Labute approximate surface area is 170 Å². The summed E-state index contributed by atoms with van der Waals surface area (Å²) in [6.07, 6.45) is 3.27. The fourth-order valence-electron chi connectivity index (χ4n) is 3.19. The van der Waals surface area contributed by atoms with Crippen molar-refractivity contribution < 1.29 is 33.3 Å². The number of hydrogen-bond donors (Lipinski definition) is 0. The van der Waals surface area contributed by atoms with Crippen molar-refractivity contribution in [2.24, 2.45) is 0 Å². The zero-order chi connectivity index (χ0) is 21.6. The summed E-state index contributed by atoms with van der Waals surface area (Å²) in [5.74, 6) is -0.534. The van der Waals surface area contributed by atoms with Crippen molar-refractivity contribution in [3.8, 4) is 17.2 Å². The second kappa shape index (κ2) is 9.86. The van der Waals surface area contributed by atoms with E-state index in [1.807, 2.05) is 0 Å². The maximum Gasteiger partial charge on any atom is 0.336 e. The number of ether oxygens (including phenoxy) is 5. The first-order chi connectivity index (χ1) is 13.9. The zero-order valence-electron chi connectivity index (χ0n) is 17.6. The summed E-state index contributed by atoms with van der Waals surface area (Å²) < 4.78 is 26.7. The quantitative estimate of drug-likeness (QED) is 0.611. The fraction of sp³-hybridized carbons (Fsp3) is 0.429. The minimum Gasteiger partial charge on any atom is -0.493 e. The molecule has 0 radical (unpaired) electrons. The molecule has 0 saturated carbocycles. The summed E-state index contributed by atoms with van der Waals surface area (Å²) in [6.45, 7) is 3.86. The highest BCUT2D eigenvalue weighted by Crippen LogP contribution is 2.44. The Bertz CT molecular complexity index is 767. The van der Waals surface area contributed by atoms with Crippen molar-refractivity contribution in [1.82, 2.24) is 4.90 Å². The van der Waals surface area contributed by atoms with Gasteiger partial charge in [-0.15, -0.1) is 0 Å². The molecule has 0 saturated heterocycles. The minimum atomic E-state index is -0.724. The number of esters is 2. The van der Waals surface area contributed by atoms with Gasteiger partial charge in [-0.2, -0.15) is 0 Å². The molecule has 8 nitrogen and oxygen atoms in total. The second-order valence-corrected chi connectivity index (χ2v) is 6.17. The lowest BCUT2D eigenvalue weighted by atomic mass is 9.83. The molecule has 158 valence electrons. The molecule has 0 N–H and O–H groups in total. The van der Waals surface area contributed by atoms with Gasteiger partial charge in [0.1, 0.15) is 0 Å². The smallest absolute Gasteiger partial charge is 0.336 e. The van der Waals surface area contributed by atoms with Crippen LogP contribution in [-0.2, 0) is 19.1 Å². The summed E-state index contributed by atoms with van der Waals surface area (Å²) in [6, 6.07) is 3.41. The van der Waals surface area contributed by atoms with E-state index < -0.39 is 17.9 Å². The molecule has 1 aliphatic heterocycles. The Morgan fingerprint density at radius 2 is 1.31 bits per heavy atom. The highest BCUT2D eigenvalue weighted by Gasteiger charge is 2.36. The van der Waals surface area contributed by atoms with Crippen LogP contribution in [0.15, 0.2) is 35.7 Å². The third-order valence-electron chi connectivity index (χ3n) is 4.35. The van der Waals surface area contributed by atoms with E-state index >= 15 is 0 Å². The SMILES string of the molecule is CCOC(=O)C1=CN(C)C=C(C(=O)OCC)C1c1cc(OC)c(OC)c(OC)c1. The van der Waals surface area contributed by atoms with Crippen LogP contribution in [0, 0.1) is 0 Å². The summed E-state index contributed by atoms with van der Waals surface area (Å²) in [7, 11) is 6.23. The molecule has 0 atom stereocenters. The standard InChI is InChI=1S/C21H27NO7/c1-7-28-20(23)14-11-22(3)12-15(21(24)29-8-2)18(14)13-9-16(25-4)19(27-6)17(10-13)26-5/h9-12,18H,7-8H2,1-6H3. The van der Waals surface area contributed by atoms with Crippen LogP contribution < -0.4 is 14.2 Å². The lowest BCUT2D eigenvalue weighted by Gasteiger charge is -2.29. The number of hydrogen-bond acceptors (Lipinski definition) is 8. The molecular weight excluding hydrogens is 378 g/mol. The molecule has 0 spiro atoms. The van der Waals surface area contributed by atoms with Crippen molar-refractivity contribution in [1.29, 1.82) is 0 Å². The first-order valence-corrected chi connectivity index (χ1v) is 9.21. The van der Waals surface area contributed by atoms with Gasteiger partial charge in [-0.1, -0.05) is 0 Å². The van der Waals surface area contributed by atoms with E-state index in [9.17, 15) is 9.59 Å². The summed E-state index contributed by atoms with van der Waals surface area (Å²) in [4.78, 5) is 27.0. The fourth-order valence-corrected chi connectivity index (χ4v) is 3.19. The Kier molecular flexibility index (Phi) is 7.52. The lowest BCUT2D eigenvalue weighted by Crippen LogP contribution is -2.28. The molecule has 1 aromatic carbocycles. The van der Waals surface area contributed by atoms with Crippen LogP contribution in [0.3, 0.4) is 0 Å². The third-order valence-corrected chi connectivity index (χ3v) is 4.35. The van der Waals surface area contributed by atoms with E-state index in [4.69, 9.17) is 23.7 Å². The van der Waals surface area contributed by atoms with Crippen LogP contribution in [0.4, 0.5) is 0 Å². The molecule has 0 aliphatic carbocycles. The molecule has 0 unspecified atom stereocenters. The monoisotopic (exact) mass is 405 g/mol. The van der Waals surface area contributed by atoms with Crippen LogP contribution >= 0.6 is 0 Å². The Morgan fingerprint density at radius 1 is 0.862 bits per heavy atom. The van der Waals surface area contributed by atoms with Crippen LogP contribution in [0.25, 0.3) is 0 Å². The number of carbonyl (C=O) groups is 2. The number of nitrogens with zero attached hydrogens (tertiary/aromatic N) is 1. The predicted molar refractivity (Wildman–Crippen MR) is 106 cm³/mol. The molecule has 0 fully saturated rings. The molecule has 1 heterocycles. The van der Waals surface area contributed by atoms with Crippen molar-refractivity contribution >= 4 is 11.9 Å². The molecule has 0 amide bonds. The van der Waals surface area contributed by atoms with Crippen molar-refractivity contribution in [2.75, 3.05) is 41.6 Å². The molecule has 29 heavy (non-hydrogen) atoms. The molecule has 8 heteroatoms. The van der Waals surface area contributed by atoms with Gasteiger partial charge < -0.3 is 28.6 Å². The largest absolute Gasteiger partial charge is 0.493 e. The van der Waals surface area contributed by atoms with Crippen LogP contribution in [0.5, 0.6) is 17.2 Å². The maximum absolute atomic E-state index is 12.7. The number of benzene rings is 1. The van der Waals surface area contributed by atoms with Gasteiger partial charge in [0.15, 0.2) is 11.5 Å². The van der Waals surface area contributed by atoms with E-state index in [0.29, 0.717) is 34.0 Å². The number of carbonyl (C=O) groups excluding carboxylic acids is 2. The van der Waals surface area contributed by atoms with Crippen LogP contribution in [0.2, 0.25) is 0 Å². The van der Waals surface area contributed by atoms with Gasteiger partial charge >= 0.3 is 11.9 Å². The third kappa shape index (κ3) is 4.64. The van der Waals surface area contributed by atoms with E-state index in [2.05, 4.69) is 0 Å². The van der Waals surface area contributed by atoms with Gasteiger partial charge in [-0.3, -0.25) is 0 Å². The van der Waals surface area contributed by atoms with Gasteiger partial charge in [0.25, 0.3) is 0 Å². The molecule has 1 aromatic rings. The summed E-state index contributed by atoms with van der Waals surface area (Å²) in [5.41, 5.74) is 1.20. The average Bonchev–Trinajstić information content (AvgIpc) is 2.72. The molecule has 1 aliphatic rings. The average molecular weight is 405 g/mol. The van der Waals surface area contributed by atoms with Gasteiger partial charge in [0.05, 0.1) is 51.6 Å². The minimum absolute atomic E-state index is 0.209. The van der Waals surface area contributed by atoms with Crippen molar-refractivity contribution in [3.05, 3.63) is 41.2 Å².